The highest BCUT2D eigenvalue weighted by Crippen LogP contribution is 2.34. The minimum Gasteiger partial charge on any atom is -0.381 e. The van der Waals surface area contributed by atoms with E-state index in [1.807, 2.05) is 18.2 Å². The van der Waals surface area contributed by atoms with Crippen molar-refractivity contribution in [3.8, 4) is 11.1 Å². The van der Waals surface area contributed by atoms with Gasteiger partial charge in [-0.25, -0.2) is 0 Å². The van der Waals surface area contributed by atoms with E-state index >= 15 is 0 Å². The summed E-state index contributed by atoms with van der Waals surface area (Å²) >= 11 is 0. The Morgan fingerprint density at radius 2 is 2.03 bits per heavy atom. The number of aryl methyl sites for hydroxylation is 1. The molecule has 4 rings (SSSR count). The highest BCUT2D eigenvalue weighted by molar-refractivity contribution is 6.17. The monoisotopic (exact) mass is 407 g/mol. The predicted octanol–water partition coefficient (Wildman–Crippen LogP) is 3.25. The minimum absolute atomic E-state index is 0.0945. The van der Waals surface area contributed by atoms with Crippen LogP contribution in [0.3, 0.4) is 0 Å². The van der Waals surface area contributed by atoms with E-state index in [2.05, 4.69) is 29.4 Å². The van der Waals surface area contributed by atoms with Crippen molar-refractivity contribution < 1.29 is 14.3 Å². The molecule has 2 aliphatic heterocycles. The van der Waals surface area contributed by atoms with Crippen LogP contribution in [-0.2, 0) is 16.0 Å². The SMILES string of the molecule is CCc1cccc(-c2cnc3c(c2)N(C(=O)CNCC2CCOCC2)C(C)C3=O)c1. The molecule has 0 radical (unpaired) electrons. The van der Waals surface area contributed by atoms with Crippen molar-refractivity contribution in [3.05, 3.63) is 47.8 Å². The average molecular weight is 408 g/mol. The number of Topliss-reactive ketones (excluding diaryl/α,β-unsaturated/α-hetero) is 1. The molecule has 1 amide bonds. The fourth-order valence-electron chi connectivity index (χ4n) is 4.25. The first kappa shape index (κ1) is 20.7. The van der Waals surface area contributed by atoms with Gasteiger partial charge >= 0.3 is 0 Å². The highest BCUT2D eigenvalue weighted by atomic mass is 16.5. The van der Waals surface area contributed by atoms with E-state index in [4.69, 9.17) is 4.74 Å². The molecule has 2 aliphatic rings. The highest BCUT2D eigenvalue weighted by Gasteiger charge is 2.39. The molecule has 1 atom stereocenters. The number of nitrogens with one attached hydrogen (secondary N) is 1. The smallest absolute Gasteiger partial charge is 0.241 e. The lowest BCUT2D eigenvalue weighted by molar-refractivity contribution is -0.118. The van der Waals surface area contributed by atoms with Gasteiger partial charge in [0, 0.05) is 25.0 Å². The third-order valence-electron chi connectivity index (χ3n) is 6.11. The largest absolute Gasteiger partial charge is 0.381 e. The summed E-state index contributed by atoms with van der Waals surface area (Å²) in [5.41, 5.74) is 4.20. The molecule has 1 saturated heterocycles. The van der Waals surface area contributed by atoms with Gasteiger partial charge in [-0.1, -0.05) is 31.2 Å². The lowest BCUT2D eigenvalue weighted by Gasteiger charge is -2.24. The molecule has 30 heavy (non-hydrogen) atoms. The molecule has 1 unspecified atom stereocenters. The Labute approximate surface area is 177 Å². The van der Waals surface area contributed by atoms with Gasteiger partial charge in [-0.15, -0.1) is 0 Å². The molecule has 6 nitrogen and oxygen atoms in total. The quantitative estimate of drug-likeness (QED) is 0.796. The van der Waals surface area contributed by atoms with Crippen LogP contribution < -0.4 is 10.2 Å². The lowest BCUT2D eigenvalue weighted by atomic mass is 10.0. The summed E-state index contributed by atoms with van der Waals surface area (Å²) in [7, 11) is 0. The first-order valence-corrected chi connectivity index (χ1v) is 10.8. The number of ether oxygens (including phenoxy) is 1. The number of hydrogen-bond acceptors (Lipinski definition) is 5. The van der Waals surface area contributed by atoms with E-state index in [0.717, 1.165) is 50.1 Å². The number of ketones is 1. The Morgan fingerprint density at radius 1 is 1.23 bits per heavy atom. The number of pyridine rings is 1. The van der Waals surface area contributed by atoms with Gasteiger partial charge in [0.25, 0.3) is 0 Å². The fourth-order valence-corrected chi connectivity index (χ4v) is 4.25. The number of aromatic nitrogens is 1. The van der Waals surface area contributed by atoms with Gasteiger partial charge in [-0.2, -0.15) is 0 Å². The number of nitrogens with zero attached hydrogens (tertiary/aromatic N) is 2. The van der Waals surface area contributed by atoms with Gasteiger partial charge in [-0.05, 0) is 55.8 Å². The van der Waals surface area contributed by atoms with Gasteiger partial charge in [-0.3, -0.25) is 19.5 Å². The van der Waals surface area contributed by atoms with Crippen molar-refractivity contribution in [1.82, 2.24) is 10.3 Å². The van der Waals surface area contributed by atoms with Crippen LogP contribution in [0, 0.1) is 5.92 Å². The summed E-state index contributed by atoms with van der Waals surface area (Å²) in [6.07, 6.45) is 4.72. The number of fused-ring (bicyclic) bond motifs is 1. The molecule has 3 heterocycles. The molecule has 2 aromatic rings. The third kappa shape index (κ3) is 4.16. The zero-order valence-corrected chi connectivity index (χ0v) is 17.7. The van der Waals surface area contributed by atoms with Crippen molar-refractivity contribution in [1.29, 1.82) is 0 Å². The maximum atomic E-state index is 13.0. The molecule has 1 aromatic carbocycles. The Kier molecular flexibility index (Phi) is 6.25. The summed E-state index contributed by atoms with van der Waals surface area (Å²) in [4.78, 5) is 31.7. The van der Waals surface area contributed by atoms with Crippen LogP contribution >= 0.6 is 0 Å². The van der Waals surface area contributed by atoms with Gasteiger partial charge in [0.2, 0.25) is 11.7 Å². The van der Waals surface area contributed by atoms with Crippen LogP contribution in [0.5, 0.6) is 0 Å². The number of amides is 1. The van der Waals surface area contributed by atoms with Crippen molar-refractivity contribution in [2.45, 2.75) is 39.2 Å². The zero-order valence-electron chi connectivity index (χ0n) is 17.7. The van der Waals surface area contributed by atoms with Crippen LogP contribution in [0.1, 0.15) is 42.7 Å². The molecule has 0 aliphatic carbocycles. The topological polar surface area (TPSA) is 71.5 Å². The molecule has 0 saturated carbocycles. The Bertz CT molecular complexity index is 937. The second kappa shape index (κ2) is 9.06. The number of anilines is 1. The van der Waals surface area contributed by atoms with Crippen molar-refractivity contribution in [2.75, 3.05) is 31.2 Å². The molecule has 1 aromatic heterocycles. The number of rotatable bonds is 6. The van der Waals surface area contributed by atoms with E-state index in [-0.39, 0.29) is 18.2 Å². The molecule has 1 N–H and O–H groups in total. The van der Waals surface area contributed by atoms with Crippen LogP contribution in [0.2, 0.25) is 0 Å². The molecule has 158 valence electrons. The van der Waals surface area contributed by atoms with E-state index in [1.165, 1.54) is 5.56 Å². The lowest BCUT2D eigenvalue weighted by Crippen LogP contribution is -2.44. The van der Waals surface area contributed by atoms with Gasteiger partial charge < -0.3 is 10.1 Å². The Balaban J connectivity index is 1.52. The minimum atomic E-state index is -0.526. The van der Waals surface area contributed by atoms with Crippen LogP contribution in [-0.4, -0.2) is 49.0 Å². The normalized spacial score (nSPS) is 19.2. The van der Waals surface area contributed by atoms with Crippen LogP contribution in [0.4, 0.5) is 5.69 Å². The zero-order chi connectivity index (χ0) is 21.1. The number of carbonyl (C=O) groups is 2. The number of carbonyl (C=O) groups excluding carboxylic acids is 2. The molecular formula is C24H29N3O3. The van der Waals surface area contributed by atoms with Gasteiger partial charge in [0.15, 0.2) is 0 Å². The Hall–Kier alpha value is -2.57. The maximum absolute atomic E-state index is 13.0. The molecule has 0 spiro atoms. The summed E-state index contributed by atoms with van der Waals surface area (Å²) in [6.45, 7) is 6.48. The standard InChI is InChI=1S/C24H29N3O3/c1-3-17-5-4-6-19(11-17)20-12-21-23(26-14-20)24(29)16(2)27(21)22(28)15-25-13-18-7-9-30-10-8-18/h4-6,11-12,14,16,18,25H,3,7-10,13,15H2,1-2H3. The molecule has 1 fully saturated rings. The summed E-state index contributed by atoms with van der Waals surface area (Å²) in [5.74, 6) is 0.343. The van der Waals surface area contributed by atoms with Gasteiger partial charge in [0.1, 0.15) is 5.69 Å². The summed E-state index contributed by atoms with van der Waals surface area (Å²) < 4.78 is 5.39. The summed E-state index contributed by atoms with van der Waals surface area (Å²) in [5, 5.41) is 3.28. The maximum Gasteiger partial charge on any atom is 0.241 e. The molecule has 6 heteroatoms. The fraction of sp³-hybridized carbons (Fsp3) is 0.458. The third-order valence-corrected chi connectivity index (χ3v) is 6.11. The predicted molar refractivity (Wildman–Crippen MR) is 117 cm³/mol. The van der Waals surface area contributed by atoms with Crippen molar-refractivity contribution in [2.24, 2.45) is 5.92 Å². The van der Waals surface area contributed by atoms with Crippen molar-refractivity contribution >= 4 is 17.4 Å². The first-order chi connectivity index (χ1) is 14.6. The average Bonchev–Trinajstić information content (AvgIpc) is 3.04. The number of benzene rings is 1. The Morgan fingerprint density at radius 3 is 2.80 bits per heavy atom. The summed E-state index contributed by atoms with van der Waals surface area (Å²) in [6, 6.07) is 9.68. The second-order valence-electron chi connectivity index (χ2n) is 8.14. The van der Waals surface area contributed by atoms with Crippen LogP contribution in [0.25, 0.3) is 11.1 Å². The second-order valence-corrected chi connectivity index (χ2v) is 8.14. The van der Waals surface area contributed by atoms with E-state index in [1.54, 1.807) is 18.0 Å². The van der Waals surface area contributed by atoms with Crippen LogP contribution in [0.15, 0.2) is 36.5 Å². The van der Waals surface area contributed by atoms with Crippen molar-refractivity contribution in [3.63, 3.8) is 0 Å². The van der Waals surface area contributed by atoms with E-state index in [0.29, 0.717) is 17.3 Å². The number of hydrogen-bond donors (Lipinski definition) is 1. The first-order valence-electron chi connectivity index (χ1n) is 10.8. The molecule has 0 bridgehead atoms. The van der Waals surface area contributed by atoms with E-state index in [9.17, 15) is 9.59 Å². The molecular weight excluding hydrogens is 378 g/mol. The van der Waals surface area contributed by atoms with E-state index < -0.39 is 6.04 Å². The van der Waals surface area contributed by atoms with Gasteiger partial charge in [0.05, 0.1) is 18.3 Å².